The van der Waals surface area contributed by atoms with Crippen LogP contribution in [0, 0.1) is 11.6 Å². The largest absolute Gasteiger partial charge is 0.497 e. The van der Waals surface area contributed by atoms with Gasteiger partial charge in [0.05, 0.1) is 19.1 Å². The number of carbonyl (C=O) groups is 2. The van der Waals surface area contributed by atoms with Crippen molar-refractivity contribution in [1.82, 2.24) is 10.2 Å². The molecule has 0 saturated carbocycles. The molecule has 0 aromatic heterocycles. The number of benzene rings is 2. The summed E-state index contributed by atoms with van der Waals surface area (Å²) in [5, 5.41) is 2.89. The Morgan fingerprint density at radius 3 is 2.38 bits per heavy atom. The van der Waals surface area contributed by atoms with E-state index >= 15 is 0 Å². The van der Waals surface area contributed by atoms with E-state index in [1.807, 2.05) is 19.9 Å². The molecule has 0 fully saturated rings. The fraction of sp³-hybridized carbons (Fsp3) is 0.462. The SMILES string of the molecule is CC[C@H](C)NC(=O)[C@@H](C)N(Cc1cccc(OC)c1)C(=O)CCCN(c1ccc(F)c(F)c1)S(C)(=O)=O. The highest BCUT2D eigenvalue weighted by molar-refractivity contribution is 7.92. The smallest absolute Gasteiger partial charge is 0.242 e. The third kappa shape index (κ3) is 8.70. The van der Waals surface area contributed by atoms with E-state index in [0.29, 0.717) is 5.75 Å². The van der Waals surface area contributed by atoms with Crippen LogP contribution in [0.25, 0.3) is 0 Å². The molecular formula is C26H35F2N3O5S. The molecule has 37 heavy (non-hydrogen) atoms. The van der Waals surface area contributed by atoms with Gasteiger partial charge in [0.2, 0.25) is 21.8 Å². The van der Waals surface area contributed by atoms with Crippen molar-refractivity contribution in [3.05, 3.63) is 59.7 Å². The Kier molecular flexibility index (Phi) is 10.8. The van der Waals surface area contributed by atoms with Crippen LogP contribution in [0.1, 0.15) is 45.6 Å². The van der Waals surface area contributed by atoms with Crippen LogP contribution in [-0.2, 0) is 26.2 Å². The Bertz CT molecular complexity index is 1190. The Morgan fingerprint density at radius 1 is 1.08 bits per heavy atom. The van der Waals surface area contributed by atoms with E-state index in [2.05, 4.69) is 5.32 Å². The Hall–Kier alpha value is -3.21. The summed E-state index contributed by atoms with van der Waals surface area (Å²) in [7, 11) is -2.29. The fourth-order valence-corrected chi connectivity index (χ4v) is 4.62. The minimum Gasteiger partial charge on any atom is -0.497 e. The highest BCUT2D eigenvalue weighted by Crippen LogP contribution is 2.22. The molecule has 0 spiro atoms. The van der Waals surface area contributed by atoms with E-state index in [1.165, 1.54) is 12.0 Å². The maximum Gasteiger partial charge on any atom is 0.242 e. The predicted molar refractivity (Wildman–Crippen MR) is 139 cm³/mol. The standard InChI is InChI=1S/C26H35F2N3O5S/c1-6-18(2)29-26(33)19(3)30(17-20-9-7-10-22(15-20)36-4)25(32)11-8-14-31(37(5,34)35)21-12-13-23(27)24(28)16-21/h7,9-10,12-13,15-16,18-19H,6,8,11,14,17H2,1-5H3,(H,29,33)/t18-,19+/m0/s1. The number of ether oxygens (including phenoxy) is 1. The number of halogens is 2. The minimum absolute atomic E-state index is 0.0385. The van der Waals surface area contributed by atoms with Crippen LogP contribution >= 0.6 is 0 Å². The van der Waals surface area contributed by atoms with E-state index in [0.717, 1.165) is 40.7 Å². The first-order valence-corrected chi connectivity index (χ1v) is 13.9. The van der Waals surface area contributed by atoms with Crippen molar-refractivity contribution in [3.8, 4) is 5.75 Å². The van der Waals surface area contributed by atoms with Gasteiger partial charge in [-0.15, -0.1) is 0 Å². The first-order chi connectivity index (χ1) is 17.4. The Morgan fingerprint density at radius 2 is 1.78 bits per heavy atom. The summed E-state index contributed by atoms with van der Waals surface area (Å²) in [4.78, 5) is 27.6. The van der Waals surface area contributed by atoms with Crippen molar-refractivity contribution in [2.24, 2.45) is 0 Å². The molecule has 204 valence electrons. The molecule has 1 N–H and O–H groups in total. The summed E-state index contributed by atoms with van der Waals surface area (Å²) >= 11 is 0. The van der Waals surface area contributed by atoms with Gasteiger partial charge in [-0.3, -0.25) is 13.9 Å². The average Bonchev–Trinajstić information content (AvgIpc) is 2.85. The predicted octanol–water partition coefficient (Wildman–Crippen LogP) is 3.85. The van der Waals surface area contributed by atoms with Crippen molar-refractivity contribution in [2.75, 3.05) is 24.2 Å². The van der Waals surface area contributed by atoms with Gasteiger partial charge in [-0.25, -0.2) is 17.2 Å². The first-order valence-electron chi connectivity index (χ1n) is 12.0. The Labute approximate surface area is 217 Å². The number of methoxy groups -OCH3 is 1. The average molecular weight is 540 g/mol. The van der Waals surface area contributed by atoms with Gasteiger partial charge in [0.25, 0.3) is 0 Å². The third-order valence-electron chi connectivity index (χ3n) is 6.00. The van der Waals surface area contributed by atoms with Crippen molar-refractivity contribution in [2.45, 2.75) is 58.7 Å². The van der Waals surface area contributed by atoms with E-state index in [4.69, 9.17) is 4.74 Å². The molecule has 0 aliphatic rings. The molecule has 8 nitrogen and oxygen atoms in total. The van der Waals surface area contributed by atoms with Crippen molar-refractivity contribution >= 4 is 27.5 Å². The topological polar surface area (TPSA) is 96.0 Å². The van der Waals surface area contributed by atoms with Gasteiger partial charge < -0.3 is 15.0 Å². The summed E-state index contributed by atoms with van der Waals surface area (Å²) in [5.74, 6) is -2.31. The van der Waals surface area contributed by atoms with Crippen LogP contribution in [0.5, 0.6) is 5.75 Å². The molecule has 2 atom stereocenters. The molecule has 0 radical (unpaired) electrons. The third-order valence-corrected chi connectivity index (χ3v) is 7.19. The minimum atomic E-state index is -3.83. The van der Waals surface area contributed by atoms with E-state index in [9.17, 15) is 26.8 Å². The zero-order valence-corrected chi connectivity index (χ0v) is 22.6. The Balaban J connectivity index is 2.21. The summed E-state index contributed by atoms with van der Waals surface area (Å²) in [5.41, 5.74) is 0.721. The first kappa shape index (κ1) is 30.0. The van der Waals surface area contributed by atoms with Crippen molar-refractivity contribution < 1.29 is 31.5 Å². The quantitative estimate of drug-likeness (QED) is 0.417. The number of hydrogen-bond acceptors (Lipinski definition) is 5. The lowest BCUT2D eigenvalue weighted by atomic mass is 10.1. The molecule has 11 heteroatoms. The van der Waals surface area contributed by atoms with Gasteiger partial charge in [-0.1, -0.05) is 19.1 Å². The zero-order chi connectivity index (χ0) is 27.8. The lowest BCUT2D eigenvalue weighted by Crippen LogP contribution is -2.49. The van der Waals surface area contributed by atoms with Crippen LogP contribution in [0.4, 0.5) is 14.5 Å². The van der Waals surface area contributed by atoms with Gasteiger partial charge >= 0.3 is 0 Å². The number of rotatable bonds is 13. The van der Waals surface area contributed by atoms with Crippen LogP contribution < -0.4 is 14.4 Å². The highest BCUT2D eigenvalue weighted by atomic mass is 32.2. The number of anilines is 1. The normalized spacial score (nSPS) is 12.9. The molecule has 2 aromatic carbocycles. The molecule has 0 bridgehead atoms. The molecule has 0 saturated heterocycles. The summed E-state index contributed by atoms with van der Waals surface area (Å²) in [6.07, 6.45) is 1.71. The van der Waals surface area contributed by atoms with Gasteiger partial charge in [0.1, 0.15) is 11.8 Å². The molecule has 2 aromatic rings. The van der Waals surface area contributed by atoms with Gasteiger partial charge in [-0.05, 0) is 56.5 Å². The van der Waals surface area contributed by atoms with E-state index in [-0.39, 0.29) is 49.5 Å². The molecule has 0 aliphatic carbocycles. The highest BCUT2D eigenvalue weighted by Gasteiger charge is 2.27. The number of nitrogens with one attached hydrogen (secondary N) is 1. The molecule has 0 aliphatic heterocycles. The molecular weight excluding hydrogens is 504 g/mol. The van der Waals surface area contributed by atoms with Gasteiger partial charge in [0, 0.05) is 31.6 Å². The van der Waals surface area contributed by atoms with Crippen LogP contribution in [0.15, 0.2) is 42.5 Å². The van der Waals surface area contributed by atoms with E-state index < -0.39 is 27.7 Å². The van der Waals surface area contributed by atoms with Gasteiger partial charge in [-0.2, -0.15) is 0 Å². The summed E-state index contributed by atoms with van der Waals surface area (Å²) in [6, 6.07) is 9.10. The maximum absolute atomic E-state index is 13.7. The number of sulfonamides is 1. The summed E-state index contributed by atoms with van der Waals surface area (Å²) in [6.45, 7) is 5.46. The maximum atomic E-state index is 13.7. The van der Waals surface area contributed by atoms with Crippen LogP contribution in [0.3, 0.4) is 0 Å². The molecule has 2 rings (SSSR count). The van der Waals surface area contributed by atoms with Crippen molar-refractivity contribution in [1.29, 1.82) is 0 Å². The second kappa shape index (κ2) is 13.4. The number of carbonyl (C=O) groups excluding carboxylic acids is 2. The monoisotopic (exact) mass is 539 g/mol. The number of amides is 2. The lowest BCUT2D eigenvalue weighted by molar-refractivity contribution is -0.140. The van der Waals surface area contributed by atoms with Crippen molar-refractivity contribution in [3.63, 3.8) is 0 Å². The molecule has 0 heterocycles. The van der Waals surface area contributed by atoms with Gasteiger partial charge in [0.15, 0.2) is 11.6 Å². The molecule has 0 unspecified atom stereocenters. The van der Waals surface area contributed by atoms with Crippen LogP contribution in [-0.4, -0.2) is 57.1 Å². The van der Waals surface area contributed by atoms with Crippen LogP contribution in [0.2, 0.25) is 0 Å². The lowest BCUT2D eigenvalue weighted by Gasteiger charge is -2.30. The summed E-state index contributed by atoms with van der Waals surface area (Å²) < 4.78 is 57.9. The number of hydrogen-bond donors (Lipinski definition) is 1. The number of nitrogens with zero attached hydrogens (tertiary/aromatic N) is 2. The second-order valence-electron chi connectivity index (χ2n) is 8.90. The molecule has 2 amide bonds. The van der Waals surface area contributed by atoms with E-state index in [1.54, 1.807) is 25.1 Å². The zero-order valence-electron chi connectivity index (χ0n) is 21.8. The fourth-order valence-electron chi connectivity index (χ4n) is 3.66. The second-order valence-corrected chi connectivity index (χ2v) is 10.8.